The smallest absolute Gasteiger partial charge is 0.253 e. The number of fused-ring (bicyclic) bond motifs is 1. The van der Waals surface area contributed by atoms with E-state index in [2.05, 4.69) is 0 Å². The second-order valence-electron chi connectivity index (χ2n) is 6.38. The molecule has 0 saturated carbocycles. The van der Waals surface area contributed by atoms with Gasteiger partial charge >= 0.3 is 0 Å². The predicted molar refractivity (Wildman–Crippen MR) is 93.6 cm³/mol. The third-order valence-corrected chi connectivity index (χ3v) is 4.20. The number of likely N-dealkylation sites (N-methyl/N-ethyl adjacent to an activating group) is 2. The average Bonchev–Trinajstić information content (AvgIpc) is 2.55. The van der Waals surface area contributed by atoms with Crippen LogP contribution in [0, 0.1) is 0 Å². The Hall–Kier alpha value is -2.77. The van der Waals surface area contributed by atoms with Gasteiger partial charge in [-0.25, -0.2) is 0 Å². The Morgan fingerprint density at radius 2 is 1.96 bits per heavy atom. The number of nitrogens with two attached hydrogens (primary N) is 1. The molecule has 2 N–H and O–H groups in total. The zero-order valence-corrected chi connectivity index (χ0v) is 15.0. The maximum absolute atomic E-state index is 12.2. The molecule has 0 spiro atoms. The van der Waals surface area contributed by atoms with Crippen LogP contribution >= 0.6 is 0 Å². The lowest BCUT2D eigenvalue weighted by atomic mass is 10.1. The molecule has 8 heteroatoms. The van der Waals surface area contributed by atoms with Gasteiger partial charge in [0.25, 0.3) is 5.91 Å². The summed E-state index contributed by atoms with van der Waals surface area (Å²) in [5.41, 5.74) is 6.43. The van der Waals surface area contributed by atoms with Crippen molar-refractivity contribution in [1.29, 1.82) is 0 Å². The number of anilines is 1. The molecule has 0 fully saturated rings. The van der Waals surface area contributed by atoms with Crippen LogP contribution in [0.2, 0.25) is 0 Å². The molecule has 3 amide bonds. The number of rotatable bonds is 5. The largest absolute Gasteiger partial charge is 0.489 e. The van der Waals surface area contributed by atoms with E-state index in [1.54, 1.807) is 39.3 Å². The van der Waals surface area contributed by atoms with E-state index in [-0.39, 0.29) is 30.8 Å². The lowest BCUT2D eigenvalue weighted by molar-refractivity contribution is -0.134. The SMILES string of the molecule is CN(C)C(=O)c1ccc2c(c1)N(C)[C@@H](CC(=O)N(C)CC(N)=O)CO2. The van der Waals surface area contributed by atoms with E-state index >= 15 is 0 Å². The molecular weight excluding hydrogens is 324 g/mol. The summed E-state index contributed by atoms with van der Waals surface area (Å²) in [6.45, 7) is 0.231. The zero-order valence-electron chi connectivity index (χ0n) is 15.0. The summed E-state index contributed by atoms with van der Waals surface area (Å²) >= 11 is 0. The topological polar surface area (TPSA) is 96.2 Å². The van der Waals surface area contributed by atoms with E-state index in [4.69, 9.17) is 10.5 Å². The molecule has 8 nitrogen and oxygen atoms in total. The summed E-state index contributed by atoms with van der Waals surface area (Å²) in [7, 11) is 6.78. The first-order chi connectivity index (χ1) is 11.7. The molecule has 1 aliphatic heterocycles. The summed E-state index contributed by atoms with van der Waals surface area (Å²) in [4.78, 5) is 40.1. The minimum Gasteiger partial charge on any atom is -0.489 e. The highest BCUT2D eigenvalue weighted by Gasteiger charge is 2.29. The first-order valence-electron chi connectivity index (χ1n) is 7.94. The van der Waals surface area contributed by atoms with Crippen molar-refractivity contribution in [2.75, 3.05) is 46.2 Å². The van der Waals surface area contributed by atoms with Gasteiger partial charge in [-0.3, -0.25) is 14.4 Å². The fourth-order valence-electron chi connectivity index (χ4n) is 2.68. The van der Waals surface area contributed by atoms with Gasteiger partial charge in [0, 0.05) is 33.8 Å². The number of hydrogen-bond donors (Lipinski definition) is 1. The Morgan fingerprint density at radius 3 is 2.56 bits per heavy atom. The summed E-state index contributed by atoms with van der Waals surface area (Å²) in [6, 6.07) is 5.06. The number of primary amides is 1. The van der Waals surface area contributed by atoms with E-state index in [0.29, 0.717) is 17.9 Å². The molecule has 1 aliphatic rings. The monoisotopic (exact) mass is 348 g/mol. The Kier molecular flexibility index (Phi) is 5.51. The standard InChI is InChI=1S/C17H24N4O4/c1-19(2)17(24)11-5-6-14-13(7-11)21(4)12(10-25-14)8-16(23)20(3)9-15(18)22/h5-7,12H,8-10H2,1-4H3,(H2,18,22)/t12-/m0/s1. The molecule has 0 radical (unpaired) electrons. The Labute approximate surface area is 147 Å². The van der Waals surface area contributed by atoms with Crippen LogP contribution in [0.4, 0.5) is 5.69 Å². The number of nitrogens with zero attached hydrogens (tertiary/aromatic N) is 3. The number of carbonyl (C=O) groups excluding carboxylic acids is 3. The Balaban J connectivity index is 2.15. The van der Waals surface area contributed by atoms with Crippen molar-refractivity contribution in [1.82, 2.24) is 9.80 Å². The number of benzene rings is 1. The maximum atomic E-state index is 12.2. The molecule has 0 aliphatic carbocycles. The van der Waals surface area contributed by atoms with E-state index in [0.717, 1.165) is 5.69 Å². The summed E-state index contributed by atoms with van der Waals surface area (Å²) < 4.78 is 5.73. The molecular formula is C17H24N4O4. The van der Waals surface area contributed by atoms with Crippen LogP contribution in [-0.2, 0) is 9.59 Å². The number of hydrogen-bond acceptors (Lipinski definition) is 5. The van der Waals surface area contributed by atoms with Gasteiger partial charge in [0.15, 0.2) is 0 Å². The summed E-state index contributed by atoms with van der Waals surface area (Å²) in [5.74, 6) is -0.174. The minimum absolute atomic E-state index is 0.101. The first-order valence-corrected chi connectivity index (χ1v) is 7.94. The zero-order chi connectivity index (χ0) is 18.7. The third kappa shape index (κ3) is 4.20. The van der Waals surface area contributed by atoms with E-state index in [1.807, 2.05) is 11.9 Å². The lowest BCUT2D eigenvalue weighted by Gasteiger charge is -2.36. The van der Waals surface area contributed by atoms with Gasteiger partial charge in [-0.05, 0) is 18.2 Å². The summed E-state index contributed by atoms with van der Waals surface area (Å²) in [5, 5.41) is 0. The van der Waals surface area contributed by atoms with Crippen LogP contribution in [-0.4, -0.2) is 74.9 Å². The second kappa shape index (κ2) is 7.42. The fourth-order valence-corrected chi connectivity index (χ4v) is 2.68. The highest BCUT2D eigenvalue weighted by Crippen LogP contribution is 2.34. The van der Waals surface area contributed by atoms with Crippen LogP contribution < -0.4 is 15.4 Å². The lowest BCUT2D eigenvalue weighted by Crippen LogP contribution is -2.45. The molecule has 0 unspecified atom stereocenters. The van der Waals surface area contributed by atoms with Gasteiger partial charge < -0.3 is 25.2 Å². The number of carbonyl (C=O) groups is 3. The van der Waals surface area contributed by atoms with Crippen LogP contribution in [0.5, 0.6) is 5.75 Å². The van der Waals surface area contributed by atoms with Crippen molar-refractivity contribution in [3.63, 3.8) is 0 Å². The molecule has 136 valence electrons. The molecule has 0 saturated heterocycles. The van der Waals surface area contributed by atoms with Gasteiger partial charge in [-0.15, -0.1) is 0 Å². The van der Waals surface area contributed by atoms with Crippen LogP contribution in [0.1, 0.15) is 16.8 Å². The molecule has 1 heterocycles. The molecule has 0 bridgehead atoms. The average molecular weight is 348 g/mol. The first kappa shape index (κ1) is 18.6. The molecule has 1 atom stereocenters. The Morgan fingerprint density at radius 1 is 1.28 bits per heavy atom. The highest BCUT2D eigenvalue weighted by atomic mass is 16.5. The molecule has 1 aromatic rings. The quantitative estimate of drug-likeness (QED) is 0.803. The van der Waals surface area contributed by atoms with Crippen LogP contribution in [0.3, 0.4) is 0 Å². The van der Waals surface area contributed by atoms with Crippen LogP contribution in [0.15, 0.2) is 18.2 Å². The number of amides is 3. The van der Waals surface area contributed by atoms with Gasteiger partial charge in [-0.1, -0.05) is 0 Å². The molecule has 1 aromatic carbocycles. The van der Waals surface area contributed by atoms with Gasteiger partial charge in [-0.2, -0.15) is 0 Å². The number of ether oxygens (including phenoxy) is 1. The minimum atomic E-state index is -0.554. The predicted octanol–water partition coefficient (Wildman–Crippen LogP) is -0.0806. The fraction of sp³-hybridized carbons (Fsp3) is 0.471. The van der Waals surface area contributed by atoms with Crippen molar-refractivity contribution >= 4 is 23.4 Å². The van der Waals surface area contributed by atoms with Gasteiger partial charge in [0.2, 0.25) is 11.8 Å². The van der Waals surface area contributed by atoms with Gasteiger partial charge in [0.1, 0.15) is 12.4 Å². The molecule has 0 aromatic heterocycles. The second-order valence-corrected chi connectivity index (χ2v) is 6.38. The molecule has 2 rings (SSSR count). The maximum Gasteiger partial charge on any atom is 0.253 e. The van der Waals surface area contributed by atoms with Gasteiger partial charge in [0.05, 0.1) is 24.7 Å². The van der Waals surface area contributed by atoms with Crippen LogP contribution in [0.25, 0.3) is 0 Å². The van der Waals surface area contributed by atoms with Crippen molar-refractivity contribution in [3.05, 3.63) is 23.8 Å². The third-order valence-electron chi connectivity index (χ3n) is 4.20. The van der Waals surface area contributed by atoms with E-state index < -0.39 is 5.91 Å². The van der Waals surface area contributed by atoms with E-state index in [9.17, 15) is 14.4 Å². The summed E-state index contributed by atoms with van der Waals surface area (Å²) in [6.07, 6.45) is 0.186. The highest BCUT2D eigenvalue weighted by molar-refractivity contribution is 5.95. The van der Waals surface area contributed by atoms with Crippen molar-refractivity contribution < 1.29 is 19.1 Å². The van der Waals surface area contributed by atoms with Crippen molar-refractivity contribution in [2.24, 2.45) is 5.73 Å². The van der Waals surface area contributed by atoms with Crippen molar-refractivity contribution in [3.8, 4) is 5.75 Å². The normalized spacial score (nSPS) is 15.8. The van der Waals surface area contributed by atoms with Crippen molar-refractivity contribution in [2.45, 2.75) is 12.5 Å². The van der Waals surface area contributed by atoms with E-state index in [1.165, 1.54) is 9.80 Å². The Bertz CT molecular complexity index is 689. The molecule has 25 heavy (non-hydrogen) atoms.